The molecule has 8 nitrogen and oxygen atoms in total. The minimum Gasteiger partial charge on any atom is -0.319 e. The van der Waals surface area contributed by atoms with Gasteiger partial charge in [0.15, 0.2) is 9.84 Å². The molecule has 2 aromatic rings. The van der Waals surface area contributed by atoms with Crippen LogP contribution < -0.4 is 5.32 Å². The maximum atomic E-state index is 12.7. The van der Waals surface area contributed by atoms with Crippen LogP contribution in [0, 0.1) is 20.8 Å². The molecule has 0 aliphatic carbocycles. The third-order valence-electron chi connectivity index (χ3n) is 4.76. The SMILES string of the molecule is CCCn1cc(C(=O)Nc2c(C)nn(C3CCS(=O)(=O)C3)c2C)c(C)n1. The Morgan fingerprint density at radius 2 is 2.00 bits per heavy atom. The molecule has 1 aliphatic rings. The Bertz CT molecular complexity index is 942. The van der Waals surface area contributed by atoms with Crippen molar-refractivity contribution in [3.8, 4) is 0 Å². The number of carbonyl (C=O) groups excluding carboxylic acids is 1. The molecular formula is C17H25N5O3S. The summed E-state index contributed by atoms with van der Waals surface area (Å²) in [5.74, 6) is 0.0633. The standard InChI is InChI=1S/C17H25N5O3S/c1-5-7-21-9-15(11(2)19-21)17(23)18-16-12(3)20-22(13(16)4)14-6-8-26(24,25)10-14/h9,14H,5-8,10H2,1-4H3,(H,18,23). The van der Waals surface area contributed by atoms with Crippen molar-refractivity contribution in [3.05, 3.63) is 28.8 Å². The lowest BCUT2D eigenvalue weighted by molar-refractivity contribution is 0.102. The molecule has 1 unspecified atom stereocenters. The molecule has 3 rings (SSSR count). The van der Waals surface area contributed by atoms with Crippen LogP contribution in [0.1, 0.15) is 53.2 Å². The zero-order chi connectivity index (χ0) is 19.1. The summed E-state index contributed by atoms with van der Waals surface area (Å²) in [7, 11) is -3.00. The summed E-state index contributed by atoms with van der Waals surface area (Å²) in [5.41, 5.74) is 3.31. The third-order valence-corrected chi connectivity index (χ3v) is 6.51. The van der Waals surface area contributed by atoms with Crippen molar-refractivity contribution >= 4 is 21.4 Å². The molecule has 2 aromatic heterocycles. The van der Waals surface area contributed by atoms with Crippen molar-refractivity contribution in [3.63, 3.8) is 0 Å². The first-order valence-corrected chi connectivity index (χ1v) is 10.7. The number of aromatic nitrogens is 4. The Hall–Kier alpha value is -2.16. The number of amides is 1. The van der Waals surface area contributed by atoms with Crippen LogP contribution in [-0.4, -0.2) is 45.4 Å². The molecule has 9 heteroatoms. The number of sulfone groups is 1. The van der Waals surface area contributed by atoms with E-state index in [1.54, 1.807) is 15.6 Å². The maximum absolute atomic E-state index is 12.7. The Balaban J connectivity index is 1.83. The molecule has 1 amide bonds. The summed E-state index contributed by atoms with van der Waals surface area (Å²) in [6, 6.07) is -0.168. The largest absolute Gasteiger partial charge is 0.319 e. The molecule has 1 atom stereocenters. The predicted molar refractivity (Wildman–Crippen MR) is 99.2 cm³/mol. The molecule has 0 aromatic carbocycles. The van der Waals surface area contributed by atoms with Gasteiger partial charge in [0.25, 0.3) is 5.91 Å². The summed E-state index contributed by atoms with van der Waals surface area (Å²) in [5, 5.41) is 11.8. The van der Waals surface area contributed by atoms with Crippen LogP contribution in [0.25, 0.3) is 0 Å². The van der Waals surface area contributed by atoms with E-state index < -0.39 is 9.84 Å². The molecule has 3 heterocycles. The van der Waals surface area contributed by atoms with Gasteiger partial charge in [0.2, 0.25) is 0 Å². The fourth-order valence-corrected chi connectivity index (χ4v) is 5.12. The van der Waals surface area contributed by atoms with Crippen molar-refractivity contribution in [1.29, 1.82) is 0 Å². The Morgan fingerprint density at radius 3 is 2.62 bits per heavy atom. The normalized spacial score (nSPS) is 19.0. The molecule has 0 radical (unpaired) electrons. The van der Waals surface area contributed by atoms with Crippen LogP contribution >= 0.6 is 0 Å². The van der Waals surface area contributed by atoms with Crippen LogP contribution in [0.2, 0.25) is 0 Å². The highest BCUT2D eigenvalue weighted by molar-refractivity contribution is 7.91. The third kappa shape index (κ3) is 3.53. The smallest absolute Gasteiger partial charge is 0.259 e. The van der Waals surface area contributed by atoms with E-state index >= 15 is 0 Å². The van der Waals surface area contributed by atoms with Gasteiger partial charge in [0, 0.05) is 12.7 Å². The number of nitrogens with one attached hydrogen (secondary N) is 1. The summed E-state index contributed by atoms with van der Waals surface area (Å²) in [6.45, 7) is 8.30. The summed E-state index contributed by atoms with van der Waals surface area (Å²) in [6.07, 6.45) is 3.25. The number of hydrogen-bond acceptors (Lipinski definition) is 5. The van der Waals surface area contributed by atoms with E-state index in [9.17, 15) is 13.2 Å². The van der Waals surface area contributed by atoms with Crippen molar-refractivity contribution in [2.24, 2.45) is 0 Å². The lowest BCUT2D eigenvalue weighted by atomic mass is 10.2. The van der Waals surface area contributed by atoms with E-state index in [0.717, 1.165) is 18.7 Å². The highest BCUT2D eigenvalue weighted by Gasteiger charge is 2.31. The highest BCUT2D eigenvalue weighted by Crippen LogP contribution is 2.29. The Labute approximate surface area is 153 Å². The van der Waals surface area contributed by atoms with Gasteiger partial charge in [0.05, 0.1) is 45.9 Å². The molecule has 0 spiro atoms. The zero-order valence-corrected chi connectivity index (χ0v) is 16.4. The van der Waals surface area contributed by atoms with Gasteiger partial charge in [-0.1, -0.05) is 6.92 Å². The van der Waals surface area contributed by atoms with E-state index in [4.69, 9.17) is 0 Å². The molecule has 0 saturated carbocycles. The summed E-state index contributed by atoms with van der Waals surface area (Å²) in [4.78, 5) is 12.7. The van der Waals surface area contributed by atoms with E-state index in [1.807, 2.05) is 20.8 Å². The zero-order valence-electron chi connectivity index (χ0n) is 15.6. The number of anilines is 1. The van der Waals surface area contributed by atoms with Gasteiger partial charge in [-0.3, -0.25) is 14.2 Å². The fourth-order valence-electron chi connectivity index (χ4n) is 3.43. The first-order chi connectivity index (χ1) is 12.2. The van der Waals surface area contributed by atoms with E-state index in [0.29, 0.717) is 29.1 Å². The molecule has 0 bridgehead atoms. The van der Waals surface area contributed by atoms with Gasteiger partial charge in [-0.2, -0.15) is 10.2 Å². The minimum atomic E-state index is -3.00. The second-order valence-electron chi connectivity index (χ2n) is 6.89. The van der Waals surface area contributed by atoms with Crippen LogP contribution in [0.5, 0.6) is 0 Å². The first-order valence-electron chi connectivity index (χ1n) is 8.83. The molecule has 26 heavy (non-hydrogen) atoms. The number of carbonyl (C=O) groups is 1. The van der Waals surface area contributed by atoms with Gasteiger partial charge < -0.3 is 5.32 Å². The van der Waals surface area contributed by atoms with Gasteiger partial charge in [-0.05, 0) is 33.6 Å². The summed E-state index contributed by atoms with van der Waals surface area (Å²) >= 11 is 0. The molecular weight excluding hydrogens is 354 g/mol. The monoisotopic (exact) mass is 379 g/mol. The quantitative estimate of drug-likeness (QED) is 0.857. The van der Waals surface area contributed by atoms with Crippen molar-refractivity contribution < 1.29 is 13.2 Å². The topological polar surface area (TPSA) is 98.9 Å². The first kappa shape index (κ1) is 18.6. The number of rotatable bonds is 5. The average Bonchev–Trinajstić information content (AvgIpc) is 3.19. The van der Waals surface area contributed by atoms with Crippen LogP contribution in [-0.2, 0) is 16.4 Å². The molecule has 1 N–H and O–H groups in total. The van der Waals surface area contributed by atoms with Crippen LogP contribution in [0.4, 0.5) is 5.69 Å². The second-order valence-corrected chi connectivity index (χ2v) is 9.12. The van der Waals surface area contributed by atoms with Crippen LogP contribution in [0.3, 0.4) is 0 Å². The van der Waals surface area contributed by atoms with Crippen molar-refractivity contribution in [1.82, 2.24) is 19.6 Å². The van der Waals surface area contributed by atoms with Gasteiger partial charge in [-0.25, -0.2) is 8.42 Å². The molecule has 1 aliphatic heterocycles. The van der Waals surface area contributed by atoms with E-state index in [1.165, 1.54) is 0 Å². The second kappa shape index (κ2) is 6.86. The number of aryl methyl sites for hydroxylation is 3. The van der Waals surface area contributed by atoms with E-state index in [2.05, 4.69) is 22.4 Å². The summed E-state index contributed by atoms with van der Waals surface area (Å²) < 4.78 is 27.0. The fraction of sp³-hybridized carbons (Fsp3) is 0.588. The maximum Gasteiger partial charge on any atom is 0.259 e. The average molecular weight is 379 g/mol. The Kier molecular flexibility index (Phi) is 4.92. The predicted octanol–water partition coefficient (Wildman–Crippen LogP) is 2.03. The minimum absolute atomic E-state index is 0.102. The van der Waals surface area contributed by atoms with Crippen molar-refractivity contribution in [2.75, 3.05) is 16.8 Å². The molecule has 1 saturated heterocycles. The van der Waals surface area contributed by atoms with Crippen molar-refractivity contribution in [2.45, 2.75) is 53.1 Å². The number of nitrogens with zero attached hydrogens (tertiary/aromatic N) is 4. The van der Waals surface area contributed by atoms with Crippen LogP contribution in [0.15, 0.2) is 6.20 Å². The van der Waals surface area contributed by atoms with Gasteiger partial charge in [0.1, 0.15) is 0 Å². The van der Waals surface area contributed by atoms with Gasteiger partial charge >= 0.3 is 0 Å². The highest BCUT2D eigenvalue weighted by atomic mass is 32.2. The number of hydrogen-bond donors (Lipinski definition) is 1. The lowest BCUT2D eigenvalue weighted by Gasteiger charge is -2.11. The molecule has 1 fully saturated rings. The lowest BCUT2D eigenvalue weighted by Crippen LogP contribution is -2.16. The van der Waals surface area contributed by atoms with E-state index in [-0.39, 0.29) is 23.5 Å². The van der Waals surface area contributed by atoms with Gasteiger partial charge in [-0.15, -0.1) is 0 Å². The molecule has 142 valence electrons. The Morgan fingerprint density at radius 1 is 1.27 bits per heavy atom.